The Morgan fingerprint density at radius 3 is 2.42 bits per heavy atom. The molecule has 1 aliphatic heterocycles. The van der Waals surface area contributed by atoms with Crippen molar-refractivity contribution in [3.8, 4) is 17.0 Å². The van der Waals surface area contributed by atoms with E-state index in [1.807, 2.05) is 52.9 Å². The summed E-state index contributed by atoms with van der Waals surface area (Å²) in [6.45, 7) is 0. The van der Waals surface area contributed by atoms with Gasteiger partial charge in [0.2, 0.25) is 5.13 Å². The van der Waals surface area contributed by atoms with Crippen LogP contribution in [0.3, 0.4) is 0 Å². The second-order valence-corrected chi connectivity index (χ2v) is 8.09. The molecule has 31 heavy (non-hydrogen) atoms. The number of aromatic nitrogens is 1. The second-order valence-electron chi connectivity index (χ2n) is 7.25. The minimum absolute atomic E-state index is 0.0583. The van der Waals surface area contributed by atoms with Crippen molar-refractivity contribution in [2.75, 3.05) is 12.1 Å². The number of ether oxygens (including phenoxy) is 1. The number of anilines is 1. The Hall–Kier alpha value is -3.51. The maximum absolute atomic E-state index is 14.2. The molecule has 1 atom stereocenters. The van der Waals surface area contributed by atoms with Crippen LogP contribution < -0.4 is 9.75 Å². The molecule has 1 aliphatic rings. The lowest BCUT2D eigenvalue weighted by molar-refractivity contribution is 0.386. The molecule has 2 heterocycles. The minimum atomic E-state index is -0.401. The van der Waals surface area contributed by atoms with E-state index in [9.17, 15) is 4.39 Å². The number of hydrazone groups is 1. The Morgan fingerprint density at radius 1 is 0.968 bits per heavy atom. The summed E-state index contributed by atoms with van der Waals surface area (Å²) >= 11 is 1.51. The highest BCUT2D eigenvalue weighted by Crippen LogP contribution is 2.39. The third-order valence-electron chi connectivity index (χ3n) is 5.34. The van der Waals surface area contributed by atoms with E-state index < -0.39 is 5.82 Å². The first kappa shape index (κ1) is 19.5. The second kappa shape index (κ2) is 8.32. The molecule has 5 rings (SSSR count). The third kappa shape index (κ3) is 3.82. The van der Waals surface area contributed by atoms with Gasteiger partial charge in [0.1, 0.15) is 0 Å². The lowest BCUT2D eigenvalue weighted by Crippen LogP contribution is -2.18. The Bertz CT molecular complexity index is 1220. The molecule has 0 amide bonds. The number of nitrogens with zero attached hydrogens (tertiary/aromatic N) is 3. The summed E-state index contributed by atoms with van der Waals surface area (Å²) in [5, 5.41) is 9.66. The number of benzene rings is 3. The van der Waals surface area contributed by atoms with Gasteiger partial charge in [-0.1, -0.05) is 60.7 Å². The molecule has 0 N–H and O–H groups in total. The van der Waals surface area contributed by atoms with E-state index in [2.05, 4.69) is 24.3 Å². The Kier molecular flexibility index (Phi) is 5.22. The Labute approximate surface area is 184 Å². The number of halogens is 1. The summed E-state index contributed by atoms with van der Waals surface area (Å²) in [6.07, 6.45) is 0.792. The van der Waals surface area contributed by atoms with Gasteiger partial charge in [-0.15, -0.1) is 11.3 Å². The van der Waals surface area contributed by atoms with Crippen molar-refractivity contribution in [1.82, 2.24) is 4.98 Å². The van der Waals surface area contributed by atoms with E-state index in [0.29, 0.717) is 5.56 Å². The summed E-state index contributed by atoms with van der Waals surface area (Å²) < 4.78 is 19.2. The van der Waals surface area contributed by atoms with Crippen LogP contribution in [0.1, 0.15) is 23.6 Å². The summed E-state index contributed by atoms with van der Waals surface area (Å²) in [7, 11) is 1.46. The molecule has 4 nitrogen and oxygen atoms in total. The smallest absolute Gasteiger partial charge is 0.207 e. The van der Waals surface area contributed by atoms with E-state index in [4.69, 9.17) is 14.8 Å². The molecule has 6 heteroatoms. The predicted molar refractivity (Wildman–Crippen MR) is 123 cm³/mol. The van der Waals surface area contributed by atoms with Gasteiger partial charge in [-0.2, -0.15) is 5.10 Å². The highest BCUT2D eigenvalue weighted by atomic mass is 32.1. The molecule has 0 aliphatic carbocycles. The van der Waals surface area contributed by atoms with E-state index >= 15 is 0 Å². The van der Waals surface area contributed by atoms with Crippen LogP contribution in [0.4, 0.5) is 9.52 Å². The van der Waals surface area contributed by atoms with Crippen LogP contribution in [0.2, 0.25) is 0 Å². The molecule has 154 valence electrons. The van der Waals surface area contributed by atoms with Crippen molar-refractivity contribution in [1.29, 1.82) is 0 Å². The monoisotopic (exact) mass is 429 g/mol. The van der Waals surface area contributed by atoms with Gasteiger partial charge < -0.3 is 4.74 Å². The lowest BCUT2D eigenvalue weighted by atomic mass is 9.99. The highest BCUT2D eigenvalue weighted by molar-refractivity contribution is 7.14. The van der Waals surface area contributed by atoms with E-state index in [1.165, 1.54) is 30.1 Å². The molecular formula is C25H20FN3OS. The van der Waals surface area contributed by atoms with Crippen molar-refractivity contribution in [2.24, 2.45) is 5.10 Å². The van der Waals surface area contributed by atoms with Gasteiger partial charge in [-0.3, -0.25) is 0 Å². The summed E-state index contributed by atoms with van der Waals surface area (Å²) in [5.74, 6) is -0.178. The zero-order valence-corrected chi connectivity index (χ0v) is 17.7. The van der Waals surface area contributed by atoms with Gasteiger partial charge in [0, 0.05) is 17.4 Å². The van der Waals surface area contributed by atoms with Crippen LogP contribution in [0.15, 0.2) is 89.3 Å². The zero-order chi connectivity index (χ0) is 21.2. The lowest BCUT2D eigenvalue weighted by Gasteiger charge is -2.21. The average molecular weight is 430 g/mol. The first-order valence-electron chi connectivity index (χ1n) is 9.99. The van der Waals surface area contributed by atoms with Crippen LogP contribution in [0.25, 0.3) is 11.3 Å². The SMILES string of the molecule is COc1ccc(-c2csc(N3N=C(c4ccccc4)CC3c3ccccc3)n2)cc1F. The van der Waals surface area contributed by atoms with Gasteiger partial charge in [-0.25, -0.2) is 14.4 Å². The Morgan fingerprint density at radius 2 is 1.71 bits per heavy atom. The fraction of sp³-hybridized carbons (Fsp3) is 0.120. The van der Waals surface area contributed by atoms with Crippen molar-refractivity contribution >= 4 is 22.2 Å². The molecule has 0 fully saturated rings. The third-order valence-corrected chi connectivity index (χ3v) is 6.17. The molecule has 4 aromatic rings. The number of thiazole rings is 1. The molecule has 3 aromatic carbocycles. The van der Waals surface area contributed by atoms with Gasteiger partial charge in [0.15, 0.2) is 11.6 Å². The maximum Gasteiger partial charge on any atom is 0.207 e. The van der Waals surface area contributed by atoms with Crippen molar-refractivity contribution < 1.29 is 9.13 Å². The topological polar surface area (TPSA) is 37.7 Å². The minimum Gasteiger partial charge on any atom is -0.494 e. The molecule has 1 aromatic heterocycles. The molecule has 0 radical (unpaired) electrons. The first-order valence-corrected chi connectivity index (χ1v) is 10.9. The first-order chi connectivity index (χ1) is 15.2. The van der Waals surface area contributed by atoms with Gasteiger partial charge in [0.25, 0.3) is 0 Å². The van der Waals surface area contributed by atoms with E-state index in [1.54, 1.807) is 6.07 Å². The van der Waals surface area contributed by atoms with Gasteiger partial charge in [-0.05, 0) is 29.3 Å². The van der Waals surface area contributed by atoms with E-state index in [-0.39, 0.29) is 11.8 Å². The van der Waals surface area contributed by atoms with Crippen LogP contribution in [0, 0.1) is 5.82 Å². The standard InChI is InChI=1S/C25H20FN3OS/c1-30-24-13-12-19(14-20(24)26)22-16-31-25(27-22)29-23(18-10-6-3-7-11-18)15-21(28-29)17-8-4-2-5-9-17/h2-14,16,23H,15H2,1H3. The highest BCUT2D eigenvalue weighted by Gasteiger charge is 2.31. The average Bonchev–Trinajstić information content (AvgIpc) is 3.48. The fourth-order valence-electron chi connectivity index (χ4n) is 3.75. The van der Waals surface area contributed by atoms with Crippen molar-refractivity contribution in [3.05, 3.63) is 101 Å². The number of rotatable bonds is 5. The molecule has 0 saturated carbocycles. The molecule has 1 unspecified atom stereocenters. The summed E-state index contributed by atoms with van der Waals surface area (Å²) in [4.78, 5) is 4.79. The van der Waals surface area contributed by atoms with Gasteiger partial charge >= 0.3 is 0 Å². The molecular weight excluding hydrogens is 409 g/mol. The fourth-order valence-corrected chi connectivity index (χ4v) is 4.59. The van der Waals surface area contributed by atoms with Crippen molar-refractivity contribution in [3.63, 3.8) is 0 Å². The largest absolute Gasteiger partial charge is 0.494 e. The number of hydrogen-bond donors (Lipinski definition) is 0. The van der Waals surface area contributed by atoms with Crippen LogP contribution in [-0.2, 0) is 0 Å². The quantitative estimate of drug-likeness (QED) is 0.373. The molecule has 0 saturated heterocycles. The van der Waals surface area contributed by atoms with Gasteiger partial charge in [0.05, 0.1) is 24.6 Å². The number of hydrogen-bond acceptors (Lipinski definition) is 5. The summed E-state index contributed by atoms with van der Waals surface area (Å²) in [5.41, 5.74) is 4.76. The Balaban J connectivity index is 1.52. The molecule has 0 bridgehead atoms. The zero-order valence-electron chi connectivity index (χ0n) is 16.9. The molecule has 0 spiro atoms. The maximum atomic E-state index is 14.2. The van der Waals surface area contributed by atoms with Crippen LogP contribution >= 0.6 is 11.3 Å². The van der Waals surface area contributed by atoms with E-state index in [0.717, 1.165) is 28.5 Å². The predicted octanol–water partition coefficient (Wildman–Crippen LogP) is 6.31. The summed E-state index contributed by atoms with van der Waals surface area (Å²) in [6, 6.07) is 25.5. The normalized spacial score (nSPS) is 15.7. The van der Waals surface area contributed by atoms with Crippen molar-refractivity contribution in [2.45, 2.75) is 12.5 Å². The number of methoxy groups -OCH3 is 1. The van der Waals surface area contributed by atoms with Crippen LogP contribution in [-0.4, -0.2) is 17.8 Å². The van der Waals surface area contributed by atoms with Crippen LogP contribution in [0.5, 0.6) is 5.75 Å².